The van der Waals surface area contributed by atoms with Crippen LogP contribution in [0, 0.1) is 0 Å². The third-order valence-corrected chi connectivity index (χ3v) is 2.80. The van der Waals surface area contributed by atoms with Crippen molar-refractivity contribution >= 4 is 0 Å². The van der Waals surface area contributed by atoms with E-state index in [9.17, 15) is 5.11 Å². The van der Waals surface area contributed by atoms with E-state index in [1.54, 1.807) is 7.11 Å². The molecule has 1 N–H and O–H groups in total. The monoisotopic (exact) mass is 281 g/mol. The van der Waals surface area contributed by atoms with E-state index in [0.29, 0.717) is 13.2 Å². The second-order valence-corrected chi connectivity index (χ2v) is 5.82. The van der Waals surface area contributed by atoms with Gasteiger partial charge in [-0.25, -0.2) is 0 Å². The molecule has 0 atom stereocenters. The number of benzene rings is 1. The summed E-state index contributed by atoms with van der Waals surface area (Å²) in [4.78, 5) is 2.08. The molecule has 1 aromatic carbocycles. The second kappa shape index (κ2) is 7.50. The van der Waals surface area contributed by atoms with Crippen molar-refractivity contribution in [2.24, 2.45) is 0 Å². The zero-order chi connectivity index (χ0) is 15.2. The molecule has 0 aliphatic carbocycles. The van der Waals surface area contributed by atoms with Gasteiger partial charge in [-0.3, -0.25) is 4.90 Å². The molecule has 4 heteroatoms. The van der Waals surface area contributed by atoms with Gasteiger partial charge in [-0.15, -0.1) is 0 Å². The van der Waals surface area contributed by atoms with Crippen LogP contribution in [0.5, 0.6) is 11.5 Å². The highest BCUT2D eigenvalue weighted by Gasteiger charge is 2.16. The molecule has 0 fully saturated rings. The molecule has 0 aliphatic heterocycles. The smallest absolute Gasteiger partial charge is 0.161 e. The van der Waals surface area contributed by atoms with E-state index in [1.165, 1.54) is 0 Å². The molecule has 0 spiro atoms. The zero-order valence-corrected chi connectivity index (χ0v) is 13.3. The molecule has 0 amide bonds. The molecule has 0 radical (unpaired) electrons. The summed E-state index contributed by atoms with van der Waals surface area (Å²) in [6, 6.07) is 5.97. The van der Waals surface area contributed by atoms with Crippen LogP contribution in [-0.2, 0) is 6.54 Å². The van der Waals surface area contributed by atoms with E-state index in [4.69, 9.17) is 9.47 Å². The van der Waals surface area contributed by atoms with Crippen molar-refractivity contribution in [1.82, 2.24) is 4.90 Å². The number of nitrogens with zero attached hydrogens (tertiary/aromatic N) is 1. The lowest BCUT2D eigenvalue weighted by atomic mass is 10.1. The average Bonchev–Trinajstić information content (AvgIpc) is 2.34. The molecule has 0 aliphatic rings. The fourth-order valence-corrected chi connectivity index (χ4v) is 2.17. The highest BCUT2D eigenvalue weighted by molar-refractivity contribution is 5.42. The van der Waals surface area contributed by atoms with Crippen LogP contribution in [0.4, 0.5) is 0 Å². The van der Waals surface area contributed by atoms with Gasteiger partial charge in [0.2, 0.25) is 0 Å². The molecule has 20 heavy (non-hydrogen) atoms. The van der Waals surface area contributed by atoms with Gasteiger partial charge < -0.3 is 14.6 Å². The van der Waals surface area contributed by atoms with Gasteiger partial charge in [0.05, 0.1) is 19.3 Å². The molecular weight excluding hydrogens is 254 g/mol. The summed E-state index contributed by atoms with van der Waals surface area (Å²) in [5.41, 5.74) is 0.445. The van der Waals surface area contributed by atoms with Crippen LogP contribution in [0.3, 0.4) is 0 Å². The fraction of sp³-hybridized carbons (Fsp3) is 0.625. The average molecular weight is 281 g/mol. The van der Waals surface area contributed by atoms with Crippen LogP contribution < -0.4 is 9.47 Å². The SMILES string of the molecule is CCCOc1ccc(CN(C)CC(C)(C)O)cc1OC. The minimum absolute atomic E-state index is 0.614. The summed E-state index contributed by atoms with van der Waals surface area (Å²) < 4.78 is 11.0. The number of ether oxygens (including phenoxy) is 2. The molecule has 0 unspecified atom stereocenters. The second-order valence-electron chi connectivity index (χ2n) is 5.82. The summed E-state index contributed by atoms with van der Waals surface area (Å²) in [7, 11) is 3.64. The normalized spacial score (nSPS) is 11.8. The van der Waals surface area contributed by atoms with Crippen molar-refractivity contribution in [3.8, 4) is 11.5 Å². The van der Waals surface area contributed by atoms with Gasteiger partial charge >= 0.3 is 0 Å². The van der Waals surface area contributed by atoms with Crippen LogP contribution >= 0.6 is 0 Å². The predicted octanol–water partition coefficient (Wildman–Crippen LogP) is 2.69. The first-order valence-electron chi connectivity index (χ1n) is 7.06. The lowest BCUT2D eigenvalue weighted by Crippen LogP contribution is -2.35. The largest absolute Gasteiger partial charge is 0.493 e. The van der Waals surface area contributed by atoms with Crippen LogP contribution in [0.2, 0.25) is 0 Å². The first-order chi connectivity index (χ1) is 9.35. The van der Waals surface area contributed by atoms with E-state index in [0.717, 1.165) is 30.0 Å². The zero-order valence-electron chi connectivity index (χ0n) is 13.3. The lowest BCUT2D eigenvalue weighted by Gasteiger charge is -2.25. The Bertz CT molecular complexity index is 413. The van der Waals surface area contributed by atoms with Crippen molar-refractivity contribution in [2.45, 2.75) is 39.3 Å². The number of hydrogen-bond acceptors (Lipinski definition) is 4. The summed E-state index contributed by atoms with van der Waals surface area (Å²) in [5, 5.41) is 9.82. The molecule has 0 heterocycles. The van der Waals surface area contributed by atoms with Crippen molar-refractivity contribution in [3.63, 3.8) is 0 Å². The third-order valence-electron chi connectivity index (χ3n) is 2.80. The van der Waals surface area contributed by atoms with E-state index in [-0.39, 0.29) is 0 Å². The maximum absolute atomic E-state index is 9.82. The van der Waals surface area contributed by atoms with E-state index in [2.05, 4.69) is 11.8 Å². The molecule has 0 saturated heterocycles. The number of methoxy groups -OCH3 is 1. The highest BCUT2D eigenvalue weighted by Crippen LogP contribution is 2.28. The maximum atomic E-state index is 9.82. The molecule has 0 bridgehead atoms. The van der Waals surface area contributed by atoms with Crippen LogP contribution in [-0.4, -0.2) is 42.9 Å². The van der Waals surface area contributed by atoms with Crippen molar-refractivity contribution in [2.75, 3.05) is 27.3 Å². The van der Waals surface area contributed by atoms with Gasteiger partial charge in [-0.1, -0.05) is 13.0 Å². The Kier molecular flexibility index (Phi) is 6.30. The van der Waals surface area contributed by atoms with Gasteiger partial charge in [0, 0.05) is 13.1 Å². The van der Waals surface area contributed by atoms with Crippen LogP contribution in [0.15, 0.2) is 18.2 Å². The third kappa shape index (κ3) is 5.80. The summed E-state index contributed by atoms with van der Waals surface area (Å²) >= 11 is 0. The van der Waals surface area contributed by atoms with Crippen molar-refractivity contribution < 1.29 is 14.6 Å². The molecule has 4 nitrogen and oxygen atoms in total. The Labute approximate surface area is 122 Å². The summed E-state index contributed by atoms with van der Waals surface area (Å²) in [6.07, 6.45) is 0.971. The molecule has 114 valence electrons. The lowest BCUT2D eigenvalue weighted by molar-refractivity contribution is 0.0424. The van der Waals surface area contributed by atoms with Gasteiger partial charge in [-0.2, -0.15) is 0 Å². The number of likely N-dealkylation sites (N-methyl/N-ethyl adjacent to an activating group) is 1. The predicted molar refractivity (Wildman–Crippen MR) is 81.4 cm³/mol. The number of aliphatic hydroxyl groups is 1. The highest BCUT2D eigenvalue weighted by atomic mass is 16.5. The van der Waals surface area contributed by atoms with Crippen molar-refractivity contribution in [1.29, 1.82) is 0 Å². The molecule has 1 aromatic rings. The Balaban J connectivity index is 2.72. The first-order valence-corrected chi connectivity index (χ1v) is 7.06. The van der Waals surface area contributed by atoms with Gasteiger partial charge in [0.1, 0.15) is 0 Å². The first kappa shape index (κ1) is 16.8. The van der Waals surface area contributed by atoms with E-state index in [1.807, 2.05) is 39.1 Å². The van der Waals surface area contributed by atoms with Gasteiger partial charge in [-0.05, 0) is 45.0 Å². The fourth-order valence-electron chi connectivity index (χ4n) is 2.17. The Morgan fingerprint density at radius 3 is 2.50 bits per heavy atom. The van der Waals surface area contributed by atoms with Crippen LogP contribution in [0.25, 0.3) is 0 Å². The standard InChI is InChI=1S/C16H27NO3/c1-6-9-20-14-8-7-13(10-15(14)19-5)11-17(4)12-16(2,3)18/h7-8,10,18H,6,9,11-12H2,1-5H3. The number of hydrogen-bond donors (Lipinski definition) is 1. The maximum Gasteiger partial charge on any atom is 0.161 e. The quantitative estimate of drug-likeness (QED) is 0.795. The minimum Gasteiger partial charge on any atom is -0.493 e. The Hall–Kier alpha value is -1.26. The summed E-state index contributed by atoms with van der Waals surface area (Å²) in [6.45, 7) is 7.76. The molecular formula is C16H27NO3. The van der Waals surface area contributed by atoms with E-state index < -0.39 is 5.60 Å². The van der Waals surface area contributed by atoms with Gasteiger partial charge in [0.25, 0.3) is 0 Å². The number of rotatable bonds is 8. The Morgan fingerprint density at radius 2 is 1.95 bits per heavy atom. The molecule has 0 aromatic heterocycles. The summed E-state index contributed by atoms with van der Waals surface area (Å²) in [5.74, 6) is 1.54. The van der Waals surface area contributed by atoms with Crippen LogP contribution in [0.1, 0.15) is 32.8 Å². The topological polar surface area (TPSA) is 41.9 Å². The Morgan fingerprint density at radius 1 is 1.25 bits per heavy atom. The van der Waals surface area contributed by atoms with E-state index >= 15 is 0 Å². The molecule has 1 rings (SSSR count). The van der Waals surface area contributed by atoms with Crippen molar-refractivity contribution in [3.05, 3.63) is 23.8 Å². The molecule has 0 saturated carbocycles. The minimum atomic E-state index is -0.691. The van der Waals surface area contributed by atoms with Gasteiger partial charge in [0.15, 0.2) is 11.5 Å².